The van der Waals surface area contributed by atoms with E-state index in [2.05, 4.69) is 4.98 Å². The fourth-order valence-electron chi connectivity index (χ4n) is 4.31. The average Bonchev–Trinajstić information content (AvgIpc) is 3.26. The molecule has 0 atom stereocenters. The molecule has 4 aromatic rings. The standard InChI is InChI=1S/C27H23F3N2O2/c1-2-22-14-20-12-19(15-23(25(20)34-22)17-4-3-5-21(28)13-17)24-7-6-18(16-31-24)26(33)32-10-8-27(29,30)9-11-32/h3-7,12-16H,2,8-11H2,1H3. The molecule has 0 unspecified atom stereocenters. The smallest absolute Gasteiger partial charge is 0.255 e. The van der Waals surface area contributed by atoms with Crippen molar-refractivity contribution in [2.45, 2.75) is 32.1 Å². The van der Waals surface area contributed by atoms with E-state index in [1.54, 1.807) is 18.2 Å². The van der Waals surface area contributed by atoms with Crippen molar-refractivity contribution >= 4 is 16.9 Å². The van der Waals surface area contributed by atoms with Crippen molar-refractivity contribution in [1.82, 2.24) is 9.88 Å². The maximum Gasteiger partial charge on any atom is 0.255 e. The monoisotopic (exact) mass is 464 g/mol. The maximum absolute atomic E-state index is 13.9. The number of halogens is 3. The van der Waals surface area contributed by atoms with Gasteiger partial charge in [0.25, 0.3) is 11.8 Å². The molecule has 0 saturated carbocycles. The van der Waals surface area contributed by atoms with E-state index < -0.39 is 5.92 Å². The lowest BCUT2D eigenvalue weighted by molar-refractivity contribution is -0.0494. The lowest BCUT2D eigenvalue weighted by Gasteiger charge is -2.31. The van der Waals surface area contributed by atoms with Gasteiger partial charge in [-0.15, -0.1) is 0 Å². The molecule has 0 N–H and O–H groups in total. The van der Waals surface area contributed by atoms with Crippen LogP contribution in [-0.4, -0.2) is 34.8 Å². The zero-order chi connectivity index (χ0) is 23.9. The number of pyridine rings is 1. The molecule has 0 spiro atoms. The van der Waals surface area contributed by atoms with Gasteiger partial charge in [0, 0.05) is 55.1 Å². The van der Waals surface area contributed by atoms with Gasteiger partial charge in [-0.1, -0.05) is 19.1 Å². The second-order valence-corrected chi connectivity index (χ2v) is 8.60. The first-order valence-corrected chi connectivity index (χ1v) is 11.3. The van der Waals surface area contributed by atoms with Crippen molar-refractivity contribution in [3.8, 4) is 22.4 Å². The number of hydrogen-bond donors (Lipinski definition) is 0. The number of hydrogen-bond acceptors (Lipinski definition) is 3. The van der Waals surface area contributed by atoms with E-state index >= 15 is 0 Å². The minimum Gasteiger partial charge on any atom is -0.460 e. The second-order valence-electron chi connectivity index (χ2n) is 8.60. The number of nitrogens with zero attached hydrogens (tertiary/aromatic N) is 2. The van der Waals surface area contributed by atoms with E-state index in [4.69, 9.17) is 4.42 Å². The van der Waals surface area contributed by atoms with Gasteiger partial charge in [0.1, 0.15) is 17.2 Å². The predicted octanol–water partition coefficient (Wildman–Crippen LogP) is 6.73. The van der Waals surface area contributed by atoms with Crippen molar-refractivity contribution in [2.75, 3.05) is 13.1 Å². The molecule has 1 aliphatic heterocycles. The topological polar surface area (TPSA) is 46.3 Å². The molecule has 174 valence electrons. The summed E-state index contributed by atoms with van der Waals surface area (Å²) in [7, 11) is 0. The van der Waals surface area contributed by atoms with Crippen LogP contribution in [0.2, 0.25) is 0 Å². The number of fused-ring (bicyclic) bond motifs is 1. The molecule has 1 fully saturated rings. The molecule has 1 saturated heterocycles. The van der Waals surface area contributed by atoms with Crippen LogP contribution in [0.4, 0.5) is 13.2 Å². The van der Waals surface area contributed by atoms with Crippen LogP contribution in [0.15, 0.2) is 65.2 Å². The highest BCUT2D eigenvalue weighted by molar-refractivity contribution is 5.97. The Morgan fingerprint density at radius 1 is 1.06 bits per heavy atom. The quantitative estimate of drug-likeness (QED) is 0.336. The van der Waals surface area contributed by atoms with Crippen LogP contribution in [-0.2, 0) is 6.42 Å². The summed E-state index contributed by atoms with van der Waals surface area (Å²) in [5, 5.41) is 0.879. The van der Waals surface area contributed by atoms with Gasteiger partial charge < -0.3 is 9.32 Å². The van der Waals surface area contributed by atoms with Crippen LogP contribution >= 0.6 is 0 Å². The highest BCUT2D eigenvalue weighted by Gasteiger charge is 2.35. The molecule has 3 heterocycles. The first kappa shape index (κ1) is 22.2. The number of rotatable bonds is 4. The number of benzene rings is 2. The summed E-state index contributed by atoms with van der Waals surface area (Å²) in [5.41, 5.74) is 3.92. The molecule has 4 nitrogen and oxygen atoms in total. The number of carbonyl (C=O) groups is 1. The number of carbonyl (C=O) groups excluding carboxylic acids is 1. The first-order valence-electron chi connectivity index (χ1n) is 11.3. The minimum absolute atomic E-state index is 0.0293. The van der Waals surface area contributed by atoms with Gasteiger partial charge in [0.2, 0.25) is 0 Å². The molecule has 1 amide bonds. The summed E-state index contributed by atoms with van der Waals surface area (Å²) in [6.07, 6.45) is 1.56. The number of aryl methyl sites for hydroxylation is 1. The van der Waals surface area contributed by atoms with E-state index in [0.717, 1.165) is 28.7 Å². The van der Waals surface area contributed by atoms with Gasteiger partial charge in [-0.25, -0.2) is 13.2 Å². The molecule has 0 bridgehead atoms. The number of likely N-dealkylation sites (tertiary alicyclic amines) is 1. The first-order chi connectivity index (χ1) is 16.3. The van der Waals surface area contributed by atoms with E-state index in [9.17, 15) is 18.0 Å². The molecule has 5 rings (SSSR count). The molecule has 7 heteroatoms. The van der Waals surface area contributed by atoms with Gasteiger partial charge in [0.15, 0.2) is 0 Å². The zero-order valence-corrected chi connectivity index (χ0v) is 18.7. The molecule has 34 heavy (non-hydrogen) atoms. The Kier molecular flexibility index (Phi) is 5.63. The largest absolute Gasteiger partial charge is 0.460 e. The number of alkyl halides is 2. The van der Waals surface area contributed by atoms with E-state index in [-0.39, 0.29) is 37.7 Å². The Balaban J connectivity index is 1.49. The second kappa shape index (κ2) is 8.63. The summed E-state index contributed by atoms with van der Waals surface area (Å²) in [6.45, 7) is 2.06. The van der Waals surface area contributed by atoms with Crippen LogP contribution in [0, 0.1) is 5.82 Å². The Hall–Kier alpha value is -3.61. The highest BCUT2D eigenvalue weighted by Crippen LogP contribution is 2.36. The normalized spacial score (nSPS) is 15.6. The zero-order valence-electron chi connectivity index (χ0n) is 18.7. The van der Waals surface area contributed by atoms with Crippen molar-refractivity contribution in [3.05, 3.63) is 77.9 Å². The van der Waals surface area contributed by atoms with Gasteiger partial charge in [-0.2, -0.15) is 0 Å². The molecule has 2 aromatic heterocycles. The van der Waals surface area contributed by atoms with Crippen molar-refractivity contribution < 1.29 is 22.4 Å². The van der Waals surface area contributed by atoms with Crippen molar-refractivity contribution in [1.29, 1.82) is 0 Å². The van der Waals surface area contributed by atoms with E-state index in [1.807, 2.05) is 31.2 Å². The lowest BCUT2D eigenvalue weighted by atomic mass is 9.98. The van der Waals surface area contributed by atoms with Crippen molar-refractivity contribution in [2.24, 2.45) is 0 Å². The fourth-order valence-corrected chi connectivity index (χ4v) is 4.31. The molecular weight excluding hydrogens is 441 g/mol. The summed E-state index contributed by atoms with van der Waals surface area (Å²) in [5.74, 6) is -2.52. The molecule has 0 aliphatic carbocycles. The summed E-state index contributed by atoms with van der Waals surface area (Å²) in [6, 6.07) is 15.6. The molecule has 2 aromatic carbocycles. The van der Waals surface area contributed by atoms with Gasteiger partial charge in [-0.05, 0) is 48.0 Å². The SMILES string of the molecule is CCc1cc2cc(-c3ccc(C(=O)N4CCC(F)(F)CC4)cn3)cc(-c3cccc(F)c3)c2o1. The Bertz CT molecular complexity index is 1350. The minimum atomic E-state index is -2.71. The Labute approximate surface area is 195 Å². The van der Waals surface area contributed by atoms with Gasteiger partial charge in [-0.3, -0.25) is 9.78 Å². The van der Waals surface area contributed by atoms with Crippen LogP contribution in [0.3, 0.4) is 0 Å². The number of furan rings is 1. The van der Waals surface area contributed by atoms with E-state index in [0.29, 0.717) is 22.4 Å². The van der Waals surface area contributed by atoms with Gasteiger partial charge >= 0.3 is 0 Å². The lowest BCUT2D eigenvalue weighted by Crippen LogP contribution is -2.42. The fraction of sp³-hybridized carbons (Fsp3) is 0.259. The highest BCUT2D eigenvalue weighted by atomic mass is 19.3. The Morgan fingerprint density at radius 2 is 1.85 bits per heavy atom. The Morgan fingerprint density at radius 3 is 2.53 bits per heavy atom. The molecular formula is C27H23F3N2O2. The summed E-state index contributed by atoms with van der Waals surface area (Å²) >= 11 is 0. The van der Waals surface area contributed by atoms with Crippen LogP contribution in [0.5, 0.6) is 0 Å². The predicted molar refractivity (Wildman–Crippen MR) is 124 cm³/mol. The number of piperidine rings is 1. The third kappa shape index (κ3) is 4.30. The van der Waals surface area contributed by atoms with Gasteiger partial charge in [0.05, 0.1) is 11.3 Å². The van der Waals surface area contributed by atoms with Crippen molar-refractivity contribution in [3.63, 3.8) is 0 Å². The third-order valence-corrected chi connectivity index (χ3v) is 6.24. The number of aromatic nitrogens is 1. The third-order valence-electron chi connectivity index (χ3n) is 6.24. The maximum atomic E-state index is 13.9. The molecule has 1 aliphatic rings. The summed E-state index contributed by atoms with van der Waals surface area (Å²) < 4.78 is 46.8. The van der Waals surface area contributed by atoms with Crippen LogP contribution in [0.1, 0.15) is 35.9 Å². The summed E-state index contributed by atoms with van der Waals surface area (Å²) in [4.78, 5) is 18.7. The number of amides is 1. The molecule has 0 radical (unpaired) electrons. The van der Waals surface area contributed by atoms with Crippen LogP contribution in [0.25, 0.3) is 33.4 Å². The van der Waals surface area contributed by atoms with Crippen LogP contribution < -0.4 is 0 Å². The van der Waals surface area contributed by atoms with E-state index in [1.165, 1.54) is 23.2 Å². The average molecular weight is 464 g/mol.